The van der Waals surface area contributed by atoms with Gasteiger partial charge in [0.25, 0.3) is 11.8 Å². The molecule has 52 heavy (non-hydrogen) atoms. The fourth-order valence-corrected chi connectivity index (χ4v) is 8.18. The van der Waals surface area contributed by atoms with Gasteiger partial charge < -0.3 is 20.3 Å². The summed E-state index contributed by atoms with van der Waals surface area (Å²) in [5, 5.41) is 13.3. The molecule has 0 spiro atoms. The Kier molecular flexibility index (Phi) is 9.32. The lowest BCUT2D eigenvalue weighted by atomic mass is 10.0. The number of rotatable bonds is 7. The normalized spacial score (nSPS) is 27.1. The van der Waals surface area contributed by atoms with E-state index >= 15 is 0 Å². The van der Waals surface area contributed by atoms with Crippen LogP contribution in [0.15, 0.2) is 67.0 Å². The molecule has 270 valence electrons. The molecular weight excluding hydrogens is 681 g/mol. The van der Waals surface area contributed by atoms with Crippen LogP contribution in [0.25, 0.3) is 21.8 Å². The van der Waals surface area contributed by atoms with E-state index in [4.69, 9.17) is 9.72 Å². The van der Waals surface area contributed by atoms with Crippen molar-refractivity contribution in [2.75, 3.05) is 6.54 Å². The van der Waals surface area contributed by atoms with Crippen molar-refractivity contribution in [2.24, 2.45) is 13.0 Å². The highest BCUT2D eigenvalue weighted by atomic mass is 32.2. The monoisotopic (exact) mass is 722 g/mol. The second-order valence-electron chi connectivity index (χ2n) is 14.3. The second-order valence-corrected chi connectivity index (χ2v) is 15.4. The smallest absolute Gasteiger partial charge is 0.272 e. The summed E-state index contributed by atoms with van der Waals surface area (Å²) in [5.41, 5.74) is -0.370. The molecule has 3 fully saturated rings. The summed E-state index contributed by atoms with van der Waals surface area (Å²) in [7, 11) is 1.72. The minimum absolute atomic E-state index is 0.0865. The molecule has 4 aliphatic rings. The highest BCUT2D eigenvalue weighted by Crippen LogP contribution is 2.46. The summed E-state index contributed by atoms with van der Waals surface area (Å²) in [4.78, 5) is 66.8. The number of hydrogen-bond donors (Lipinski definition) is 3. The van der Waals surface area contributed by atoms with Gasteiger partial charge in [-0.2, -0.15) is 10.1 Å². The zero-order valence-corrected chi connectivity index (χ0v) is 29.8. The van der Waals surface area contributed by atoms with E-state index in [1.807, 2.05) is 42.5 Å². The molecule has 5 atom stereocenters. The van der Waals surface area contributed by atoms with Crippen LogP contribution in [0.2, 0.25) is 0 Å². The molecule has 4 amide bonds. The van der Waals surface area contributed by atoms with Crippen molar-refractivity contribution in [2.45, 2.75) is 86.8 Å². The van der Waals surface area contributed by atoms with E-state index in [0.29, 0.717) is 36.0 Å². The maximum atomic E-state index is 14.6. The molecule has 0 unspecified atom stereocenters. The minimum Gasteiger partial charge on any atom is -0.472 e. The van der Waals surface area contributed by atoms with Crippen molar-refractivity contribution >= 4 is 57.4 Å². The molecule has 3 N–H and O–H groups in total. The van der Waals surface area contributed by atoms with Gasteiger partial charge in [-0.15, -0.1) is 0 Å². The molecule has 14 heteroatoms. The summed E-state index contributed by atoms with van der Waals surface area (Å²) in [6.45, 7) is 0.0865. The van der Waals surface area contributed by atoms with E-state index < -0.39 is 35.5 Å². The van der Waals surface area contributed by atoms with Crippen LogP contribution in [-0.2, 0) is 21.4 Å². The number of aryl methyl sites for hydroxylation is 1. The number of pyridine rings is 2. The number of benzene rings is 1. The molecule has 8 rings (SSSR count). The van der Waals surface area contributed by atoms with Crippen molar-refractivity contribution in [3.63, 3.8) is 0 Å². The standard InChI is InChI=1S/C38H42N8O5S/c1-45-19-17-29(43-45)33(47)40-30-14-6-4-2-3-5-10-23-21-38(23,37(50)44-52-25-15-16-25)42-34(48)31-20-24(22-46(31)36(30)49)51-35-28-12-8-7-11-26(28)27-13-9-18-39-32(27)41-35/h5,7-13,17-19,23-25,30-31H,2-4,6,14-16,20-22H2,1H3,(H,40,47)(H,42,48)(H,44,50)/b10-5-/t23-,24-,30+,31+,38-/m1/s1. The van der Waals surface area contributed by atoms with Crippen LogP contribution in [0.5, 0.6) is 5.88 Å². The van der Waals surface area contributed by atoms with E-state index in [0.717, 1.165) is 48.3 Å². The number of fused-ring (bicyclic) bond motifs is 5. The Bertz CT molecular complexity index is 2070. The molecule has 1 aromatic carbocycles. The molecular formula is C38H42N8O5S. The fraction of sp³-hybridized carbons (Fsp3) is 0.447. The van der Waals surface area contributed by atoms with Crippen LogP contribution in [-0.4, -0.2) is 83.8 Å². The van der Waals surface area contributed by atoms with Gasteiger partial charge in [0.15, 0.2) is 5.65 Å². The molecule has 13 nitrogen and oxygen atoms in total. The SMILES string of the molecule is Cn1ccc(C(=O)N[C@H]2CCCCC/C=C\[C@@H]3C[C@@]3(C(=O)NSC3CC3)NC(=O)[C@@H]3C[C@@H](Oc4nc5ncccc5c5ccccc45)CN3C2=O)n1. The van der Waals surface area contributed by atoms with E-state index in [2.05, 4.69) is 31.5 Å². The van der Waals surface area contributed by atoms with Crippen LogP contribution >= 0.6 is 11.9 Å². The molecule has 4 aromatic rings. The van der Waals surface area contributed by atoms with Crippen LogP contribution in [0.3, 0.4) is 0 Å². The quantitative estimate of drug-likeness (QED) is 0.146. The maximum Gasteiger partial charge on any atom is 0.272 e. The average molecular weight is 723 g/mol. The predicted octanol–water partition coefficient (Wildman–Crippen LogP) is 3.99. The molecule has 0 radical (unpaired) electrons. The van der Waals surface area contributed by atoms with Gasteiger partial charge in [-0.25, -0.2) is 4.98 Å². The van der Waals surface area contributed by atoms with E-state index in [1.54, 1.807) is 25.5 Å². The Labute approximate surface area is 305 Å². The summed E-state index contributed by atoms with van der Waals surface area (Å²) in [6.07, 6.45) is 13.3. The lowest BCUT2D eigenvalue weighted by Gasteiger charge is -2.29. The van der Waals surface area contributed by atoms with E-state index in [-0.39, 0.29) is 36.4 Å². The first-order valence-corrected chi connectivity index (χ1v) is 19.0. The first kappa shape index (κ1) is 34.1. The number of carbonyl (C=O) groups excluding carboxylic acids is 4. The van der Waals surface area contributed by atoms with Crippen LogP contribution < -0.4 is 20.1 Å². The average Bonchev–Trinajstić information content (AvgIpc) is 4.01. The third-order valence-corrected chi connectivity index (χ3v) is 11.6. The van der Waals surface area contributed by atoms with Crippen LogP contribution in [0.1, 0.15) is 68.3 Å². The second kappa shape index (κ2) is 14.2. The lowest BCUT2D eigenvalue weighted by molar-refractivity contribution is -0.141. The first-order valence-electron chi connectivity index (χ1n) is 18.1. The maximum absolute atomic E-state index is 14.6. The van der Waals surface area contributed by atoms with Gasteiger partial charge in [-0.3, -0.25) is 28.6 Å². The number of nitrogens with one attached hydrogen (secondary N) is 3. The van der Waals surface area contributed by atoms with Crippen LogP contribution in [0.4, 0.5) is 0 Å². The van der Waals surface area contributed by atoms with Crippen molar-refractivity contribution in [3.05, 3.63) is 72.7 Å². The first-order chi connectivity index (χ1) is 25.3. The Morgan fingerprint density at radius 1 is 1.02 bits per heavy atom. The number of ether oxygens (including phenoxy) is 1. The summed E-state index contributed by atoms with van der Waals surface area (Å²) in [6, 6.07) is 11.4. The van der Waals surface area contributed by atoms with Gasteiger partial charge in [-0.05, 0) is 80.1 Å². The topological polar surface area (TPSA) is 160 Å². The Balaban J connectivity index is 1.11. The summed E-state index contributed by atoms with van der Waals surface area (Å²) in [5.74, 6) is -1.27. The number of nitrogens with zero attached hydrogens (tertiary/aromatic N) is 5. The number of allylic oxidation sites excluding steroid dienone is 1. The van der Waals surface area contributed by atoms with Crippen molar-refractivity contribution < 1.29 is 23.9 Å². The van der Waals surface area contributed by atoms with Gasteiger partial charge in [-0.1, -0.05) is 43.2 Å². The Hall–Kier alpha value is -4.98. The van der Waals surface area contributed by atoms with Gasteiger partial charge in [0.1, 0.15) is 29.4 Å². The predicted molar refractivity (Wildman–Crippen MR) is 196 cm³/mol. The molecule has 1 saturated heterocycles. The highest BCUT2D eigenvalue weighted by Gasteiger charge is 2.61. The van der Waals surface area contributed by atoms with Gasteiger partial charge >= 0.3 is 0 Å². The summed E-state index contributed by atoms with van der Waals surface area (Å²) >= 11 is 1.42. The number of amides is 4. The Morgan fingerprint density at radius 2 is 1.85 bits per heavy atom. The van der Waals surface area contributed by atoms with Gasteiger partial charge in [0.2, 0.25) is 17.7 Å². The molecule has 5 heterocycles. The Morgan fingerprint density at radius 3 is 2.65 bits per heavy atom. The number of carbonyl (C=O) groups is 4. The molecule has 2 saturated carbocycles. The van der Waals surface area contributed by atoms with Crippen molar-refractivity contribution in [1.29, 1.82) is 0 Å². The zero-order valence-electron chi connectivity index (χ0n) is 29.0. The van der Waals surface area contributed by atoms with E-state index in [1.165, 1.54) is 21.5 Å². The van der Waals surface area contributed by atoms with Gasteiger partial charge in [0.05, 0.1) is 6.54 Å². The van der Waals surface area contributed by atoms with Crippen molar-refractivity contribution in [1.82, 2.24) is 40.0 Å². The number of hydrogen-bond acceptors (Lipinski definition) is 9. The third kappa shape index (κ3) is 6.95. The summed E-state index contributed by atoms with van der Waals surface area (Å²) < 4.78 is 11.1. The minimum atomic E-state index is -1.10. The third-order valence-electron chi connectivity index (χ3n) is 10.5. The molecule has 3 aromatic heterocycles. The van der Waals surface area contributed by atoms with E-state index in [9.17, 15) is 19.2 Å². The van der Waals surface area contributed by atoms with Crippen molar-refractivity contribution in [3.8, 4) is 5.88 Å². The fourth-order valence-electron chi connectivity index (χ4n) is 7.35. The highest BCUT2D eigenvalue weighted by molar-refractivity contribution is 7.98. The number of aromatic nitrogens is 4. The molecule has 0 bridgehead atoms. The zero-order chi connectivity index (χ0) is 35.8. The van der Waals surface area contributed by atoms with Crippen LogP contribution in [0, 0.1) is 5.92 Å². The lowest BCUT2D eigenvalue weighted by Crippen LogP contribution is -2.57. The van der Waals surface area contributed by atoms with Gasteiger partial charge in [0, 0.05) is 47.8 Å². The largest absolute Gasteiger partial charge is 0.472 e. The molecule has 2 aliphatic heterocycles. The molecule has 2 aliphatic carbocycles.